The van der Waals surface area contributed by atoms with Crippen molar-refractivity contribution in [1.29, 1.82) is 0 Å². The lowest BCUT2D eigenvalue weighted by molar-refractivity contribution is 0.243. The molecule has 0 saturated carbocycles. The molecule has 0 unspecified atom stereocenters. The number of amides is 2. The fourth-order valence-electron chi connectivity index (χ4n) is 1.01. The second-order valence-electron chi connectivity index (χ2n) is 4.44. The van der Waals surface area contributed by atoms with Crippen molar-refractivity contribution in [2.45, 2.75) is 33.2 Å². The van der Waals surface area contributed by atoms with Crippen LogP contribution in [0.5, 0.6) is 0 Å². The number of aromatic amines is 1. The molecule has 0 radical (unpaired) electrons. The lowest BCUT2D eigenvalue weighted by Crippen LogP contribution is -2.43. The van der Waals surface area contributed by atoms with Crippen molar-refractivity contribution < 1.29 is 4.79 Å². The average Bonchev–Trinajstić information content (AvgIpc) is 2.32. The van der Waals surface area contributed by atoms with Gasteiger partial charge < -0.3 is 11.1 Å². The first kappa shape index (κ1) is 11.4. The Morgan fingerprint density at radius 3 is 2.47 bits per heavy atom. The van der Waals surface area contributed by atoms with Crippen molar-refractivity contribution in [2.24, 2.45) is 0 Å². The molecule has 6 heteroatoms. The molecule has 0 saturated heterocycles. The largest absolute Gasteiger partial charge is 0.394 e. The molecule has 5 N–H and O–H groups in total. The molecule has 0 aliphatic heterocycles. The van der Waals surface area contributed by atoms with Crippen LogP contribution in [-0.2, 0) is 0 Å². The molecule has 0 aliphatic carbocycles. The number of aryl methyl sites for hydroxylation is 1. The third-order valence-corrected chi connectivity index (χ3v) is 1.72. The van der Waals surface area contributed by atoms with Crippen molar-refractivity contribution in [3.05, 3.63) is 5.69 Å². The Balaban J connectivity index is 2.63. The number of nitrogens with two attached hydrogens (primary N) is 1. The van der Waals surface area contributed by atoms with Gasteiger partial charge in [0.15, 0.2) is 5.82 Å². The summed E-state index contributed by atoms with van der Waals surface area (Å²) in [5, 5.41) is 11.9. The van der Waals surface area contributed by atoms with E-state index in [1.807, 2.05) is 20.8 Å². The highest BCUT2D eigenvalue weighted by atomic mass is 16.2. The van der Waals surface area contributed by atoms with E-state index in [2.05, 4.69) is 20.8 Å². The van der Waals surface area contributed by atoms with Crippen LogP contribution in [0.2, 0.25) is 0 Å². The Kier molecular flexibility index (Phi) is 2.88. The number of aromatic nitrogens is 2. The van der Waals surface area contributed by atoms with Crippen molar-refractivity contribution in [3.8, 4) is 0 Å². The summed E-state index contributed by atoms with van der Waals surface area (Å²) in [5.74, 6) is 0.356. The topological polar surface area (TPSA) is 95.8 Å². The SMILES string of the molecule is Cc1[nH]nc(NC(=O)NC(C)(C)C)c1N. The monoisotopic (exact) mass is 211 g/mol. The van der Waals surface area contributed by atoms with Crippen LogP contribution < -0.4 is 16.4 Å². The summed E-state index contributed by atoms with van der Waals surface area (Å²) in [6.07, 6.45) is 0. The highest BCUT2D eigenvalue weighted by Gasteiger charge is 2.15. The number of carbonyl (C=O) groups excluding carboxylic acids is 1. The summed E-state index contributed by atoms with van der Waals surface area (Å²) in [5.41, 5.74) is 6.59. The molecule has 1 aromatic rings. The minimum absolute atomic E-state index is 0.288. The van der Waals surface area contributed by atoms with Crippen molar-refractivity contribution in [2.75, 3.05) is 11.1 Å². The molecule has 0 bridgehead atoms. The standard InChI is InChI=1S/C9H17N5O/c1-5-6(10)7(14-13-5)11-8(15)12-9(2,3)4/h10H2,1-4H3,(H3,11,12,13,14,15). The summed E-state index contributed by atoms with van der Waals surface area (Å²) >= 11 is 0. The number of hydrogen-bond acceptors (Lipinski definition) is 3. The molecule has 0 aromatic carbocycles. The van der Waals surface area contributed by atoms with E-state index < -0.39 is 0 Å². The Hall–Kier alpha value is -1.72. The van der Waals surface area contributed by atoms with Gasteiger partial charge in [-0.15, -0.1) is 0 Å². The van der Waals surface area contributed by atoms with Gasteiger partial charge in [0.05, 0.1) is 11.4 Å². The zero-order valence-electron chi connectivity index (χ0n) is 9.43. The number of H-pyrrole nitrogens is 1. The van der Waals surface area contributed by atoms with E-state index >= 15 is 0 Å². The number of urea groups is 1. The number of anilines is 2. The van der Waals surface area contributed by atoms with E-state index in [9.17, 15) is 4.79 Å². The molecule has 0 fully saturated rings. The van der Waals surface area contributed by atoms with Crippen LogP contribution in [-0.4, -0.2) is 21.8 Å². The zero-order valence-corrected chi connectivity index (χ0v) is 9.43. The summed E-state index contributed by atoms with van der Waals surface area (Å²) < 4.78 is 0. The first-order valence-electron chi connectivity index (χ1n) is 4.69. The fraction of sp³-hybridized carbons (Fsp3) is 0.556. The maximum atomic E-state index is 11.5. The molecular formula is C9H17N5O. The Labute approximate surface area is 88.6 Å². The van der Waals surface area contributed by atoms with Gasteiger partial charge in [0.25, 0.3) is 0 Å². The average molecular weight is 211 g/mol. The summed E-state index contributed by atoms with van der Waals surface area (Å²) in [6.45, 7) is 7.47. The van der Waals surface area contributed by atoms with Gasteiger partial charge in [-0.1, -0.05) is 0 Å². The van der Waals surface area contributed by atoms with Gasteiger partial charge in [-0.3, -0.25) is 10.4 Å². The van der Waals surface area contributed by atoms with E-state index in [-0.39, 0.29) is 11.6 Å². The van der Waals surface area contributed by atoms with Crippen LogP contribution in [0.25, 0.3) is 0 Å². The lowest BCUT2D eigenvalue weighted by atomic mass is 10.1. The predicted octanol–water partition coefficient (Wildman–Crippen LogP) is 1.22. The molecule has 1 rings (SSSR count). The fourth-order valence-corrected chi connectivity index (χ4v) is 1.01. The smallest absolute Gasteiger partial charge is 0.320 e. The molecular weight excluding hydrogens is 194 g/mol. The molecule has 0 aliphatic rings. The Morgan fingerprint density at radius 1 is 1.47 bits per heavy atom. The third-order valence-electron chi connectivity index (χ3n) is 1.72. The summed E-state index contributed by atoms with van der Waals surface area (Å²) in [7, 11) is 0. The quantitative estimate of drug-likeness (QED) is 0.562. The lowest BCUT2D eigenvalue weighted by Gasteiger charge is -2.20. The van der Waals surface area contributed by atoms with E-state index in [0.717, 1.165) is 5.69 Å². The maximum absolute atomic E-state index is 11.5. The third kappa shape index (κ3) is 3.16. The van der Waals surface area contributed by atoms with Crippen molar-refractivity contribution in [1.82, 2.24) is 15.5 Å². The van der Waals surface area contributed by atoms with Crippen molar-refractivity contribution in [3.63, 3.8) is 0 Å². The second-order valence-corrected chi connectivity index (χ2v) is 4.44. The summed E-state index contributed by atoms with van der Waals surface area (Å²) in [4.78, 5) is 11.5. The van der Waals surface area contributed by atoms with Gasteiger partial charge in [0, 0.05) is 5.54 Å². The van der Waals surface area contributed by atoms with Gasteiger partial charge in [-0.2, -0.15) is 5.10 Å². The van der Waals surface area contributed by atoms with Crippen LogP contribution in [0.4, 0.5) is 16.3 Å². The normalized spacial score (nSPS) is 11.2. The Morgan fingerprint density at radius 2 is 2.07 bits per heavy atom. The van der Waals surface area contributed by atoms with Gasteiger partial charge in [-0.05, 0) is 27.7 Å². The molecule has 0 spiro atoms. The van der Waals surface area contributed by atoms with E-state index in [1.54, 1.807) is 6.92 Å². The van der Waals surface area contributed by atoms with E-state index in [0.29, 0.717) is 11.5 Å². The highest BCUT2D eigenvalue weighted by Crippen LogP contribution is 2.17. The Bertz CT molecular complexity index is 363. The number of nitrogens with one attached hydrogen (secondary N) is 3. The number of carbonyl (C=O) groups is 1. The molecule has 2 amide bonds. The van der Waals surface area contributed by atoms with Crippen LogP contribution in [0.3, 0.4) is 0 Å². The molecule has 1 aromatic heterocycles. The maximum Gasteiger partial charge on any atom is 0.320 e. The molecule has 84 valence electrons. The number of rotatable bonds is 1. The van der Waals surface area contributed by atoms with Crippen LogP contribution >= 0.6 is 0 Å². The first-order valence-corrected chi connectivity index (χ1v) is 4.69. The minimum atomic E-state index is -0.319. The van der Waals surface area contributed by atoms with Crippen LogP contribution in [0.15, 0.2) is 0 Å². The molecule has 0 atom stereocenters. The number of hydrogen-bond donors (Lipinski definition) is 4. The van der Waals surface area contributed by atoms with Crippen LogP contribution in [0.1, 0.15) is 26.5 Å². The molecule has 6 nitrogen and oxygen atoms in total. The number of nitrogens with zero attached hydrogens (tertiary/aromatic N) is 1. The number of nitrogen functional groups attached to an aromatic ring is 1. The molecule has 15 heavy (non-hydrogen) atoms. The van der Waals surface area contributed by atoms with Gasteiger partial charge in [0.1, 0.15) is 0 Å². The van der Waals surface area contributed by atoms with Gasteiger partial charge in [-0.25, -0.2) is 4.79 Å². The van der Waals surface area contributed by atoms with Gasteiger partial charge >= 0.3 is 6.03 Å². The predicted molar refractivity (Wildman–Crippen MR) is 59.6 cm³/mol. The van der Waals surface area contributed by atoms with E-state index in [4.69, 9.17) is 5.73 Å². The van der Waals surface area contributed by atoms with Gasteiger partial charge in [0.2, 0.25) is 0 Å². The minimum Gasteiger partial charge on any atom is -0.394 e. The van der Waals surface area contributed by atoms with Crippen molar-refractivity contribution >= 4 is 17.5 Å². The van der Waals surface area contributed by atoms with Crippen LogP contribution in [0, 0.1) is 6.92 Å². The highest BCUT2D eigenvalue weighted by molar-refractivity contribution is 5.91. The second kappa shape index (κ2) is 3.80. The zero-order chi connectivity index (χ0) is 11.6. The first-order chi connectivity index (χ1) is 6.79. The molecule has 1 heterocycles. The van der Waals surface area contributed by atoms with E-state index in [1.165, 1.54) is 0 Å². The summed E-state index contributed by atoms with van der Waals surface area (Å²) in [6, 6.07) is -0.319.